The summed E-state index contributed by atoms with van der Waals surface area (Å²) in [5.41, 5.74) is 1.59. The SMILES string of the molecule is CCCC(=O)c1[nH]ncc1C. The van der Waals surface area contributed by atoms with Crippen molar-refractivity contribution in [3.05, 3.63) is 17.5 Å². The average Bonchev–Trinajstić information content (AvgIpc) is 2.36. The number of hydrogen-bond acceptors (Lipinski definition) is 2. The quantitative estimate of drug-likeness (QED) is 0.670. The Kier molecular flexibility index (Phi) is 2.41. The van der Waals surface area contributed by atoms with E-state index >= 15 is 0 Å². The highest BCUT2D eigenvalue weighted by atomic mass is 16.1. The molecule has 0 fully saturated rings. The molecule has 0 aromatic carbocycles. The van der Waals surface area contributed by atoms with E-state index in [0.29, 0.717) is 12.1 Å². The fourth-order valence-electron chi connectivity index (χ4n) is 0.981. The van der Waals surface area contributed by atoms with Crippen molar-refractivity contribution in [2.24, 2.45) is 0 Å². The van der Waals surface area contributed by atoms with Gasteiger partial charge in [-0.25, -0.2) is 0 Å². The molecule has 0 radical (unpaired) electrons. The summed E-state index contributed by atoms with van der Waals surface area (Å²) in [6.45, 7) is 3.87. The van der Waals surface area contributed by atoms with Gasteiger partial charge in [-0.3, -0.25) is 9.89 Å². The molecule has 0 saturated carbocycles. The van der Waals surface area contributed by atoms with Crippen LogP contribution in [-0.2, 0) is 0 Å². The Morgan fingerprint density at radius 1 is 1.73 bits per heavy atom. The third kappa shape index (κ3) is 1.67. The Morgan fingerprint density at radius 2 is 2.45 bits per heavy atom. The molecule has 0 atom stereocenters. The maximum Gasteiger partial charge on any atom is 0.180 e. The minimum Gasteiger partial charge on any atom is -0.292 e. The van der Waals surface area contributed by atoms with Gasteiger partial charge in [-0.2, -0.15) is 5.10 Å². The van der Waals surface area contributed by atoms with Crippen LogP contribution in [0.15, 0.2) is 6.20 Å². The highest BCUT2D eigenvalue weighted by molar-refractivity contribution is 5.95. The third-order valence-electron chi connectivity index (χ3n) is 1.58. The second-order valence-electron chi connectivity index (χ2n) is 2.60. The smallest absolute Gasteiger partial charge is 0.180 e. The molecule has 1 N–H and O–H groups in total. The van der Waals surface area contributed by atoms with Crippen molar-refractivity contribution in [2.45, 2.75) is 26.7 Å². The van der Waals surface area contributed by atoms with Gasteiger partial charge in [0.15, 0.2) is 5.78 Å². The molecule has 0 amide bonds. The number of H-pyrrole nitrogens is 1. The molecule has 1 aromatic rings. The molecular formula is C8H12N2O. The van der Waals surface area contributed by atoms with E-state index in [2.05, 4.69) is 10.2 Å². The summed E-state index contributed by atoms with van der Waals surface area (Å²) in [5.74, 6) is 0.155. The monoisotopic (exact) mass is 152 g/mol. The van der Waals surface area contributed by atoms with Gasteiger partial charge in [-0.1, -0.05) is 6.92 Å². The van der Waals surface area contributed by atoms with Crippen molar-refractivity contribution >= 4 is 5.78 Å². The van der Waals surface area contributed by atoms with Crippen molar-refractivity contribution in [1.29, 1.82) is 0 Å². The highest BCUT2D eigenvalue weighted by Gasteiger charge is 2.08. The Morgan fingerprint density at radius 3 is 2.91 bits per heavy atom. The highest BCUT2D eigenvalue weighted by Crippen LogP contribution is 2.06. The molecule has 0 aliphatic heterocycles. The lowest BCUT2D eigenvalue weighted by Gasteiger charge is -1.94. The fraction of sp³-hybridized carbons (Fsp3) is 0.500. The molecule has 11 heavy (non-hydrogen) atoms. The molecule has 0 aliphatic carbocycles. The number of aromatic nitrogens is 2. The first-order valence-electron chi connectivity index (χ1n) is 3.79. The van der Waals surface area contributed by atoms with Crippen molar-refractivity contribution in [1.82, 2.24) is 10.2 Å². The van der Waals surface area contributed by atoms with Gasteiger partial charge in [-0.05, 0) is 18.9 Å². The van der Waals surface area contributed by atoms with Crippen molar-refractivity contribution in [3.63, 3.8) is 0 Å². The van der Waals surface area contributed by atoms with E-state index < -0.39 is 0 Å². The number of nitrogens with one attached hydrogen (secondary N) is 1. The average molecular weight is 152 g/mol. The number of hydrogen-bond donors (Lipinski definition) is 1. The van der Waals surface area contributed by atoms with Gasteiger partial charge in [0, 0.05) is 6.42 Å². The first-order valence-corrected chi connectivity index (χ1v) is 3.79. The third-order valence-corrected chi connectivity index (χ3v) is 1.58. The van der Waals surface area contributed by atoms with Crippen LogP contribution in [0.2, 0.25) is 0 Å². The number of carbonyl (C=O) groups is 1. The molecule has 1 heterocycles. The fourth-order valence-corrected chi connectivity index (χ4v) is 0.981. The summed E-state index contributed by atoms with van der Waals surface area (Å²) in [4.78, 5) is 11.3. The van der Waals surface area contributed by atoms with Crippen molar-refractivity contribution in [3.8, 4) is 0 Å². The van der Waals surface area contributed by atoms with E-state index in [0.717, 1.165) is 12.0 Å². The van der Waals surface area contributed by atoms with Crippen LogP contribution in [0.3, 0.4) is 0 Å². The van der Waals surface area contributed by atoms with Gasteiger partial charge >= 0.3 is 0 Å². The predicted molar refractivity (Wildman–Crippen MR) is 42.6 cm³/mol. The molecule has 1 rings (SSSR count). The van der Waals surface area contributed by atoms with Crippen molar-refractivity contribution < 1.29 is 4.79 Å². The van der Waals surface area contributed by atoms with Gasteiger partial charge < -0.3 is 0 Å². The maximum absolute atomic E-state index is 11.3. The number of Topliss-reactive ketones (excluding diaryl/α,β-unsaturated/α-hetero) is 1. The van der Waals surface area contributed by atoms with E-state index in [1.54, 1.807) is 6.20 Å². The second kappa shape index (κ2) is 3.32. The summed E-state index contributed by atoms with van der Waals surface area (Å²) >= 11 is 0. The van der Waals surface area contributed by atoms with Gasteiger partial charge in [0.1, 0.15) is 5.69 Å². The number of rotatable bonds is 3. The molecule has 0 aliphatic rings. The summed E-state index contributed by atoms with van der Waals surface area (Å²) in [7, 11) is 0. The van der Waals surface area contributed by atoms with Crippen LogP contribution in [-0.4, -0.2) is 16.0 Å². The van der Waals surface area contributed by atoms with Gasteiger partial charge in [0.2, 0.25) is 0 Å². The summed E-state index contributed by atoms with van der Waals surface area (Å²) in [6.07, 6.45) is 3.16. The molecule has 0 saturated heterocycles. The van der Waals surface area contributed by atoms with Crippen LogP contribution in [0.25, 0.3) is 0 Å². The number of nitrogens with zero attached hydrogens (tertiary/aromatic N) is 1. The van der Waals surface area contributed by atoms with Crippen LogP contribution in [0, 0.1) is 6.92 Å². The molecule has 60 valence electrons. The Hall–Kier alpha value is -1.12. The van der Waals surface area contributed by atoms with Gasteiger partial charge in [0.25, 0.3) is 0 Å². The molecule has 0 spiro atoms. The van der Waals surface area contributed by atoms with Crippen molar-refractivity contribution in [2.75, 3.05) is 0 Å². The topological polar surface area (TPSA) is 45.8 Å². The van der Waals surface area contributed by atoms with E-state index in [9.17, 15) is 4.79 Å². The standard InChI is InChI=1S/C8H12N2O/c1-3-4-7(11)8-6(2)5-9-10-8/h5H,3-4H2,1-2H3,(H,9,10). The van der Waals surface area contributed by atoms with E-state index in [-0.39, 0.29) is 5.78 Å². The largest absolute Gasteiger partial charge is 0.292 e. The Bertz CT molecular complexity index is 252. The van der Waals surface area contributed by atoms with E-state index in [1.807, 2.05) is 13.8 Å². The Labute approximate surface area is 65.8 Å². The minimum atomic E-state index is 0.155. The van der Waals surface area contributed by atoms with E-state index in [4.69, 9.17) is 0 Å². The maximum atomic E-state index is 11.3. The van der Waals surface area contributed by atoms with Gasteiger partial charge in [0.05, 0.1) is 6.20 Å². The zero-order valence-corrected chi connectivity index (χ0v) is 6.85. The number of aryl methyl sites for hydroxylation is 1. The molecule has 1 aromatic heterocycles. The number of ketones is 1. The lowest BCUT2D eigenvalue weighted by molar-refractivity contribution is 0.0976. The molecule has 0 unspecified atom stereocenters. The number of aromatic amines is 1. The summed E-state index contributed by atoms with van der Waals surface area (Å²) < 4.78 is 0. The zero-order valence-electron chi connectivity index (χ0n) is 6.85. The van der Waals surface area contributed by atoms with Crippen LogP contribution in [0.5, 0.6) is 0 Å². The molecule has 3 nitrogen and oxygen atoms in total. The van der Waals surface area contributed by atoms with Crippen LogP contribution in [0.1, 0.15) is 35.8 Å². The number of carbonyl (C=O) groups excluding carboxylic acids is 1. The van der Waals surface area contributed by atoms with Crippen LogP contribution >= 0.6 is 0 Å². The van der Waals surface area contributed by atoms with Gasteiger partial charge in [-0.15, -0.1) is 0 Å². The second-order valence-corrected chi connectivity index (χ2v) is 2.60. The zero-order chi connectivity index (χ0) is 8.27. The Balaban J connectivity index is 2.76. The lowest BCUT2D eigenvalue weighted by atomic mass is 10.1. The summed E-state index contributed by atoms with van der Waals surface area (Å²) in [5, 5.41) is 6.47. The molecule has 3 heteroatoms. The van der Waals surface area contributed by atoms with E-state index in [1.165, 1.54) is 0 Å². The molecular weight excluding hydrogens is 140 g/mol. The molecule has 0 bridgehead atoms. The lowest BCUT2D eigenvalue weighted by Crippen LogP contribution is -2.00. The van der Waals surface area contributed by atoms with Crippen LogP contribution in [0.4, 0.5) is 0 Å². The summed E-state index contributed by atoms with van der Waals surface area (Å²) in [6, 6.07) is 0. The normalized spacial score (nSPS) is 10.0. The first-order chi connectivity index (χ1) is 5.25. The van der Waals surface area contributed by atoms with Crippen LogP contribution < -0.4 is 0 Å². The minimum absolute atomic E-state index is 0.155. The predicted octanol–water partition coefficient (Wildman–Crippen LogP) is 1.70. The first kappa shape index (κ1) is 7.98.